The van der Waals surface area contributed by atoms with Crippen molar-refractivity contribution >= 4 is 23.5 Å². The predicted molar refractivity (Wildman–Crippen MR) is 192 cm³/mol. The van der Waals surface area contributed by atoms with Crippen LogP contribution in [0, 0.1) is 29.1 Å². The van der Waals surface area contributed by atoms with E-state index in [1.54, 1.807) is 11.8 Å². The number of nitrogens with one attached hydrogen (secondary N) is 1. The van der Waals surface area contributed by atoms with Gasteiger partial charge >= 0.3 is 6.09 Å². The number of methoxy groups -OCH3 is 1. The third kappa shape index (κ3) is 8.52. The van der Waals surface area contributed by atoms with Crippen LogP contribution in [0.5, 0.6) is 0 Å². The van der Waals surface area contributed by atoms with Crippen LogP contribution in [0.1, 0.15) is 65.4 Å². The molecule has 0 spiro atoms. The van der Waals surface area contributed by atoms with Crippen molar-refractivity contribution in [2.45, 2.75) is 81.0 Å². The molecule has 1 aliphatic carbocycles. The number of hydrogen-bond acceptors (Lipinski definition) is 7. The first-order chi connectivity index (χ1) is 23.0. The van der Waals surface area contributed by atoms with E-state index in [-0.39, 0.29) is 17.9 Å². The number of nitrogens with zero attached hydrogens (tertiary/aromatic N) is 5. The molecular weight excluding hydrogens is 605 g/mol. The first-order valence-electron chi connectivity index (χ1n) is 17.5. The van der Waals surface area contributed by atoms with E-state index in [1.165, 1.54) is 17.7 Å². The molecule has 254 valence electrons. The number of likely N-dealkylation sites (tertiary alicyclic amines) is 1. The molecule has 1 amide bonds. The fourth-order valence-corrected chi connectivity index (χ4v) is 8.59. The lowest BCUT2D eigenvalue weighted by Gasteiger charge is -2.48. The van der Waals surface area contributed by atoms with Crippen molar-refractivity contribution in [3.8, 4) is 6.07 Å². The zero-order valence-corrected chi connectivity index (χ0v) is 30.0. The maximum absolute atomic E-state index is 12.2. The molecule has 3 aromatic rings. The Kier molecular flexibility index (Phi) is 13.6. The SMILES string of the molecule is CC.CC.COC(=O)NC1CCCC1C(C#N)(c1ccccc1)C1CCN(CC2CN(c3ccc(Sc4cnn(C)c4)cc3)C2)CC1. The molecule has 2 aliphatic heterocycles. The average molecular weight is 659 g/mol. The van der Waals surface area contributed by atoms with Gasteiger partial charge in [-0.05, 0) is 74.5 Å². The van der Waals surface area contributed by atoms with Crippen LogP contribution in [-0.4, -0.2) is 66.6 Å². The Hall–Kier alpha value is -3.48. The van der Waals surface area contributed by atoms with Gasteiger partial charge in [0.25, 0.3) is 0 Å². The van der Waals surface area contributed by atoms with Crippen molar-refractivity contribution in [2.75, 3.05) is 44.7 Å². The number of aromatic nitrogens is 2. The summed E-state index contributed by atoms with van der Waals surface area (Å²) in [5.41, 5.74) is 1.77. The number of alkyl carbamates (subject to hydrolysis) is 1. The Morgan fingerprint density at radius 1 is 1.00 bits per heavy atom. The number of amides is 1. The monoisotopic (exact) mass is 658 g/mol. The second-order valence-corrected chi connectivity index (χ2v) is 13.6. The van der Waals surface area contributed by atoms with Gasteiger partial charge in [0.15, 0.2) is 0 Å². The number of carbonyl (C=O) groups excluding carboxylic acids is 1. The minimum Gasteiger partial charge on any atom is -0.453 e. The summed E-state index contributed by atoms with van der Waals surface area (Å²) in [6, 6.07) is 22.0. The summed E-state index contributed by atoms with van der Waals surface area (Å²) in [5, 5.41) is 18.3. The van der Waals surface area contributed by atoms with E-state index in [2.05, 4.69) is 62.7 Å². The van der Waals surface area contributed by atoms with E-state index in [0.717, 1.165) is 75.3 Å². The number of carbonyl (C=O) groups is 1. The van der Waals surface area contributed by atoms with Gasteiger partial charge in [0.1, 0.15) is 0 Å². The molecule has 1 N–H and O–H groups in total. The van der Waals surface area contributed by atoms with Crippen molar-refractivity contribution in [1.82, 2.24) is 20.0 Å². The summed E-state index contributed by atoms with van der Waals surface area (Å²) in [6.07, 6.45) is 8.37. The zero-order chi connectivity index (χ0) is 33.8. The Balaban J connectivity index is 0.00000120. The number of anilines is 1. The van der Waals surface area contributed by atoms with Gasteiger partial charge in [-0.3, -0.25) is 4.68 Å². The summed E-state index contributed by atoms with van der Waals surface area (Å²) in [4.78, 5) is 19.6. The fourth-order valence-electron chi connectivity index (χ4n) is 7.74. The summed E-state index contributed by atoms with van der Waals surface area (Å²) < 4.78 is 6.77. The van der Waals surface area contributed by atoms with Gasteiger partial charge in [0, 0.05) is 61.3 Å². The van der Waals surface area contributed by atoms with E-state index in [1.807, 2.05) is 70.0 Å². The minimum atomic E-state index is -0.621. The second kappa shape index (κ2) is 17.6. The quantitative estimate of drug-likeness (QED) is 0.252. The van der Waals surface area contributed by atoms with Gasteiger partial charge in [0.05, 0.1) is 29.7 Å². The van der Waals surface area contributed by atoms with Gasteiger partial charge in [-0.25, -0.2) is 4.79 Å². The molecule has 3 unspecified atom stereocenters. The lowest BCUT2D eigenvalue weighted by atomic mass is 9.59. The van der Waals surface area contributed by atoms with Crippen molar-refractivity contribution < 1.29 is 9.53 Å². The van der Waals surface area contributed by atoms with Crippen LogP contribution in [0.2, 0.25) is 0 Å². The lowest BCUT2D eigenvalue weighted by Crippen LogP contribution is -2.55. The van der Waals surface area contributed by atoms with Gasteiger partial charge in [-0.15, -0.1) is 0 Å². The molecule has 0 radical (unpaired) electrons. The molecule has 47 heavy (non-hydrogen) atoms. The molecule has 3 heterocycles. The lowest BCUT2D eigenvalue weighted by molar-refractivity contribution is 0.0939. The van der Waals surface area contributed by atoms with Crippen molar-refractivity contribution in [3.63, 3.8) is 0 Å². The van der Waals surface area contributed by atoms with Crippen LogP contribution in [0.4, 0.5) is 10.5 Å². The third-order valence-electron chi connectivity index (χ3n) is 9.85. The smallest absolute Gasteiger partial charge is 0.407 e. The van der Waals surface area contributed by atoms with E-state index < -0.39 is 11.5 Å². The van der Waals surface area contributed by atoms with Crippen LogP contribution >= 0.6 is 11.8 Å². The Morgan fingerprint density at radius 3 is 2.28 bits per heavy atom. The highest BCUT2D eigenvalue weighted by atomic mass is 32.2. The van der Waals surface area contributed by atoms with Gasteiger partial charge in [0.2, 0.25) is 0 Å². The maximum Gasteiger partial charge on any atom is 0.407 e. The summed E-state index contributed by atoms with van der Waals surface area (Å²) in [7, 11) is 3.35. The van der Waals surface area contributed by atoms with E-state index >= 15 is 0 Å². The largest absolute Gasteiger partial charge is 0.453 e. The molecular formula is C38H54N6O2S. The fraction of sp³-hybridized carbons (Fsp3) is 0.553. The van der Waals surface area contributed by atoms with Crippen molar-refractivity contribution in [2.24, 2.45) is 24.8 Å². The Morgan fingerprint density at radius 2 is 1.68 bits per heavy atom. The van der Waals surface area contributed by atoms with Gasteiger partial charge in [-0.2, -0.15) is 10.4 Å². The predicted octanol–water partition coefficient (Wildman–Crippen LogP) is 7.76. The van der Waals surface area contributed by atoms with Gasteiger partial charge in [-0.1, -0.05) is 76.2 Å². The standard InChI is InChI=1S/C34H42N6O2S.2C2H6/c1-38-23-30(19-36-38)43-29-13-11-28(12-14-29)40-21-25(22-40)20-39-17-15-27(16-18-39)34(24-35,26-7-4-3-5-8-26)31-9-6-10-32(31)37-33(41)42-2;2*1-2/h3-5,7-8,11-14,19,23,25,27,31-32H,6,9-10,15-18,20-22H2,1-2H3,(H,37,41);2*1-2H3. The number of ether oxygens (including phenoxy) is 1. The minimum absolute atomic E-state index is 0.0469. The molecule has 2 saturated heterocycles. The number of hydrogen-bond donors (Lipinski definition) is 1. The average Bonchev–Trinajstić information content (AvgIpc) is 3.75. The Bertz CT molecular complexity index is 1410. The Labute approximate surface area is 286 Å². The van der Waals surface area contributed by atoms with Crippen LogP contribution < -0.4 is 10.2 Å². The molecule has 3 atom stereocenters. The molecule has 2 aromatic carbocycles. The summed E-state index contributed by atoms with van der Waals surface area (Å²) in [6.45, 7) is 13.3. The van der Waals surface area contributed by atoms with Gasteiger partial charge < -0.3 is 19.9 Å². The topological polar surface area (TPSA) is 86.4 Å². The number of benzene rings is 2. The molecule has 9 heteroatoms. The normalized spacial score (nSPS) is 21.2. The number of aryl methyl sites for hydroxylation is 1. The van der Waals surface area contributed by atoms with Crippen LogP contribution in [-0.2, 0) is 17.2 Å². The summed E-state index contributed by atoms with van der Waals surface area (Å²) >= 11 is 1.74. The first-order valence-corrected chi connectivity index (χ1v) is 18.3. The van der Waals surface area contributed by atoms with E-state index in [0.29, 0.717) is 5.92 Å². The van der Waals surface area contributed by atoms with Crippen LogP contribution in [0.25, 0.3) is 0 Å². The molecule has 3 aliphatic rings. The number of nitriles is 1. The molecule has 6 rings (SSSR count). The van der Waals surface area contributed by atoms with Crippen molar-refractivity contribution in [3.05, 3.63) is 72.6 Å². The highest BCUT2D eigenvalue weighted by Crippen LogP contribution is 2.50. The van der Waals surface area contributed by atoms with Crippen molar-refractivity contribution in [1.29, 1.82) is 5.26 Å². The molecule has 1 aromatic heterocycles. The highest BCUT2D eigenvalue weighted by molar-refractivity contribution is 7.99. The second-order valence-electron chi connectivity index (χ2n) is 12.4. The van der Waals surface area contributed by atoms with Crippen LogP contribution in [0.15, 0.2) is 76.8 Å². The summed E-state index contributed by atoms with van der Waals surface area (Å²) in [5.74, 6) is 0.992. The molecule has 8 nitrogen and oxygen atoms in total. The van der Waals surface area contributed by atoms with Crippen LogP contribution in [0.3, 0.4) is 0 Å². The number of piperidine rings is 1. The van der Waals surface area contributed by atoms with E-state index in [4.69, 9.17) is 4.74 Å². The molecule has 3 fully saturated rings. The maximum atomic E-state index is 12.2. The number of rotatable bonds is 9. The first kappa shape index (κ1) is 36.4. The third-order valence-corrected chi connectivity index (χ3v) is 10.8. The highest BCUT2D eigenvalue weighted by Gasteiger charge is 2.52. The zero-order valence-electron chi connectivity index (χ0n) is 29.2. The van der Waals surface area contributed by atoms with E-state index in [9.17, 15) is 10.1 Å². The molecule has 0 bridgehead atoms. The molecule has 1 saturated carbocycles.